The van der Waals surface area contributed by atoms with Crippen LogP contribution in [-0.2, 0) is 20.8 Å². The minimum atomic E-state index is -0.145. The second-order valence-corrected chi connectivity index (χ2v) is 6.28. The van der Waals surface area contributed by atoms with Crippen LogP contribution in [0.1, 0.15) is 20.3 Å². The van der Waals surface area contributed by atoms with E-state index in [0.717, 1.165) is 13.0 Å². The Hall–Kier alpha value is -2.33. The summed E-state index contributed by atoms with van der Waals surface area (Å²) in [4.78, 5) is 11.6. The van der Waals surface area contributed by atoms with Crippen LogP contribution in [0.4, 0.5) is 0 Å². The van der Waals surface area contributed by atoms with Crippen molar-refractivity contribution in [3.8, 4) is 0 Å². The molecule has 0 amide bonds. The molecule has 0 bridgehead atoms. The first-order valence-electron chi connectivity index (χ1n) is 8.92. The van der Waals surface area contributed by atoms with Gasteiger partial charge < -0.3 is 14.0 Å². The third-order valence-electron chi connectivity index (χ3n) is 4.63. The van der Waals surface area contributed by atoms with Crippen molar-refractivity contribution in [3.63, 3.8) is 0 Å². The Morgan fingerprint density at radius 3 is 2.16 bits per heavy atom. The van der Waals surface area contributed by atoms with E-state index >= 15 is 0 Å². The van der Waals surface area contributed by atoms with E-state index in [1.807, 2.05) is 13.8 Å². The van der Waals surface area contributed by atoms with Crippen molar-refractivity contribution in [3.05, 3.63) is 48.5 Å². The Morgan fingerprint density at radius 2 is 1.56 bits per heavy atom. The van der Waals surface area contributed by atoms with Gasteiger partial charge in [0.05, 0.1) is 19.1 Å². The average Bonchev–Trinajstić information content (AvgIpc) is 2.98. The number of nitrogens with zero attached hydrogens (tertiary/aromatic N) is 1. The van der Waals surface area contributed by atoms with E-state index in [2.05, 4.69) is 53.1 Å². The molecule has 3 aromatic rings. The van der Waals surface area contributed by atoms with Crippen molar-refractivity contribution in [1.29, 1.82) is 0 Å². The van der Waals surface area contributed by atoms with E-state index in [1.54, 1.807) is 0 Å². The van der Waals surface area contributed by atoms with Gasteiger partial charge in [-0.15, -0.1) is 0 Å². The second-order valence-electron chi connectivity index (χ2n) is 6.28. The van der Waals surface area contributed by atoms with Gasteiger partial charge in [0.25, 0.3) is 0 Å². The summed E-state index contributed by atoms with van der Waals surface area (Å²) in [5.74, 6) is -0.189. The molecule has 1 atom stereocenters. The maximum atomic E-state index is 11.6. The fourth-order valence-corrected chi connectivity index (χ4v) is 3.01. The van der Waals surface area contributed by atoms with Gasteiger partial charge in [-0.3, -0.25) is 4.79 Å². The average molecular weight is 339 g/mol. The maximum Gasteiger partial charge on any atom is 0.308 e. The lowest BCUT2D eigenvalue weighted by molar-refractivity contribution is -0.149. The first kappa shape index (κ1) is 17.5. The minimum absolute atomic E-state index is 0.0439. The molecule has 1 heterocycles. The predicted molar refractivity (Wildman–Crippen MR) is 101 cm³/mol. The summed E-state index contributed by atoms with van der Waals surface area (Å²) in [5, 5.41) is 2.53. The van der Waals surface area contributed by atoms with E-state index in [9.17, 15) is 4.79 Å². The Kier molecular flexibility index (Phi) is 5.71. The number of ether oxygens (including phenoxy) is 2. The number of benzene rings is 2. The molecule has 0 aliphatic heterocycles. The van der Waals surface area contributed by atoms with Crippen LogP contribution < -0.4 is 0 Å². The molecule has 1 unspecified atom stereocenters. The van der Waals surface area contributed by atoms with Crippen LogP contribution in [0.5, 0.6) is 0 Å². The smallest absolute Gasteiger partial charge is 0.308 e. The normalized spacial score (nSPS) is 12.6. The Labute approximate surface area is 148 Å². The predicted octanol–water partition coefficient (Wildman–Crippen LogP) is 4.40. The molecule has 0 aliphatic carbocycles. The molecule has 0 radical (unpaired) electrons. The molecular formula is C21H25NO3. The van der Waals surface area contributed by atoms with Crippen LogP contribution in [0, 0.1) is 5.92 Å². The fraction of sp³-hybridized carbons (Fsp3) is 0.381. The second kappa shape index (κ2) is 8.17. The first-order chi connectivity index (χ1) is 12.2. The van der Waals surface area contributed by atoms with Crippen LogP contribution in [0.15, 0.2) is 48.5 Å². The standard InChI is InChI=1S/C21H25NO3/c1-3-16(2)21(23)25-15-14-24-13-12-22-19-10-6-4-8-17(19)18-9-5-7-11-20(18)22/h4-11,16H,3,12-15H2,1-2H3. The number of fused-ring (bicyclic) bond motifs is 3. The number of aromatic nitrogens is 1. The third-order valence-corrected chi connectivity index (χ3v) is 4.63. The number of rotatable bonds is 8. The van der Waals surface area contributed by atoms with E-state index in [-0.39, 0.29) is 11.9 Å². The number of hydrogen-bond acceptors (Lipinski definition) is 3. The highest BCUT2D eigenvalue weighted by Crippen LogP contribution is 2.28. The molecule has 3 rings (SSSR count). The SMILES string of the molecule is CCC(C)C(=O)OCCOCCn1c2ccccc2c2ccccc21. The molecule has 132 valence electrons. The highest BCUT2D eigenvalue weighted by molar-refractivity contribution is 6.07. The lowest BCUT2D eigenvalue weighted by atomic mass is 10.1. The topological polar surface area (TPSA) is 40.5 Å². The van der Waals surface area contributed by atoms with Crippen molar-refractivity contribution in [1.82, 2.24) is 4.57 Å². The van der Waals surface area contributed by atoms with Gasteiger partial charge in [-0.1, -0.05) is 50.2 Å². The molecule has 4 nitrogen and oxygen atoms in total. The minimum Gasteiger partial charge on any atom is -0.463 e. The zero-order valence-electron chi connectivity index (χ0n) is 14.9. The summed E-state index contributed by atoms with van der Waals surface area (Å²) in [5.41, 5.74) is 2.44. The van der Waals surface area contributed by atoms with E-state index in [4.69, 9.17) is 9.47 Å². The van der Waals surface area contributed by atoms with E-state index < -0.39 is 0 Å². The Balaban J connectivity index is 1.57. The van der Waals surface area contributed by atoms with Crippen LogP contribution in [0.3, 0.4) is 0 Å². The summed E-state index contributed by atoms with van der Waals surface area (Å²) in [6.45, 7) is 5.96. The molecule has 0 N–H and O–H groups in total. The van der Waals surface area contributed by atoms with Crippen LogP contribution in [-0.4, -0.2) is 30.4 Å². The van der Waals surface area contributed by atoms with E-state index in [0.29, 0.717) is 19.8 Å². The largest absolute Gasteiger partial charge is 0.463 e. The van der Waals surface area contributed by atoms with Crippen molar-refractivity contribution in [2.45, 2.75) is 26.8 Å². The van der Waals surface area contributed by atoms with Gasteiger partial charge in [0.2, 0.25) is 0 Å². The van der Waals surface area contributed by atoms with Gasteiger partial charge in [-0.05, 0) is 18.6 Å². The quantitative estimate of drug-likeness (QED) is 0.451. The zero-order chi connectivity index (χ0) is 17.6. The lowest BCUT2D eigenvalue weighted by Crippen LogP contribution is -2.17. The number of hydrogen-bond donors (Lipinski definition) is 0. The molecule has 0 spiro atoms. The zero-order valence-corrected chi connectivity index (χ0v) is 14.9. The van der Waals surface area contributed by atoms with Crippen LogP contribution in [0.2, 0.25) is 0 Å². The van der Waals surface area contributed by atoms with Gasteiger partial charge in [-0.2, -0.15) is 0 Å². The number of esters is 1. The Bertz CT molecular complexity index is 799. The molecule has 0 fully saturated rings. The van der Waals surface area contributed by atoms with Crippen molar-refractivity contribution in [2.75, 3.05) is 19.8 Å². The van der Waals surface area contributed by atoms with Gasteiger partial charge >= 0.3 is 5.97 Å². The molecule has 2 aromatic carbocycles. The molecular weight excluding hydrogens is 314 g/mol. The summed E-state index contributed by atoms with van der Waals surface area (Å²) in [6.07, 6.45) is 0.799. The van der Waals surface area contributed by atoms with Gasteiger partial charge in [0, 0.05) is 28.4 Å². The maximum absolute atomic E-state index is 11.6. The van der Waals surface area contributed by atoms with Gasteiger partial charge in [-0.25, -0.2) is 0 Å². The highest BCUT2D eigenvalue weighted by Gasteiger charge is 2.11. The summed E-state index contributed by atoms with van der Waals surface area (Å²) >= 11 is 0. The number of para-hydroxylation sites is 2. The third kappa shape index (κ3) is 3.85. The summed E-state index contributed by atoms with van der Waals surface area (Å²) in [6, 6.07) is 16.9. The number of carbonyl (C=O) groups excluding carboxylic acids is 1. The van der Waals surface area contributed by atoms with Crippen LogP contribution >= 0.6 is 0 Å². The molecule has 1 aromatic heterocycles. The highest BCUT2D eigenvalue weighted by atomic mass is 16.6. The number of carbonyl (C=O) groups is 1. The van der Waals surface area contributed by atoms with Gasteiger partial charge in [0.1, 0.15) is 6.61 Å². The lowest BCUT2D eigenvalue weighted by Gasteiger charge is -2.11. The molecule has 0 aliphatic rings. The van der Waals surface area contributed by atoms with Gasteiger partial charge in [0.15, 0.2) is 0 Å². The van der Waals surface area contributed by atoms with Crippen LogP contribution in [0.25, 0.3) is 21.8 Å². The fourth-order valence-electron chi connectivity index (χ4n) is 3.01. The van der Waals surface area contributed by atoms with E-state index in [1.165, 1.54) is 21.8 Å². The monoisotopic (exact) mass is 339 g/mol. The first-order valence-corrected chi connectivity index (χ1v) is 8.92. The molecule has 4 heteroatoms. The van der Waals surface area contributed by atoms with Crippen molar-refractivity contribution < 1.29 is 14.3 Å². The molecule has 0 saturated heterocycles. The van der Waals surface area contributed by atoms with Crippen molar-refractivity contribution in [2.24, 2.45) is 5.92 Å². The Morgan fingerprint density at radius 1 is 0.960 bits per heavy atom. The summed E-state index contributed by atoms with van der Waals surface area (Å²) in [7, 11) is 0. The summed E-state index contributed by atoms with van der Waals surface area (Å²) < 4.78 is 13.2. The molecule has 25 heavy (non-hydrogen) atoms. The molecule has 0 saturated carbocycles. The van der Waals surface area contributed by atoms with Crippen molar-refractivity contribution >= 4 is 27.8 Å².